The minimum absolute atomic E-state index is 0.0558. The van der Waals surface area contributed by atoms with E-state index in [0.717, 1.165) is 87.8 Å². The van der Waals surface area contributed by atoms with Crippen molar-refractivity contribution in [1.29, 1.82) is 0 Å². The zero-order valence-corrected chi connectivity index (χ0v) is 103. The van der Waals surface area contributed by atoms with Crippen LogP contribution in [0, 0.1) is 47.3 Å². The zero-order chi connectivity index (χ0) is 112. The Morgan fingerprint density at radius 3 is 1.19 bits per heavy atom. The summed E-state index contributed by atoms with van der Waals surface area (Å²) in [6.07, 6.45) is 59.9. The van der Waals surface area contributed by atoms with Crippen LogP contribution < -0.4 is 0 Å². The third-order valence-electron chi connectivity index (χ3n) is 27.7. The Hall–Kier alpha value is -6.67. The summed E-state index contributed by atoms with van der Waals surface area (Å²) < 4.78 is 54.7. The molecule has 0 unspecified atom stereocenters. The first kappa shape index (κ1) is 143. The average Bonchev–Trinajstić information content (AvgIpc) is 0.826. The molecule has 0 fully saturated rings. The molecule has 0 aromatic heterocycles. The molecule has 0 aromatic carbocycles. The molecule has 2 heterocycles. The Morgan fingerprint density at radius 1 is 0.514 bits per heavy atom. The van der Waals surface area contributed by atoms with Gasteiger partial charge < -0.3 is 58.7 Å². The predicted molar refractivity (Wildman–Crippen MR) is 632 cm³/mol. The fourth-order valence-corrected chi connectivity index (χ4v) is 34.0. The van der Waals surface area contributed by atoms with Gasteiger partial charge in [0.1, 0.15) is 18.3 Å². The maximum Gasteiger partial charge on any atom is 0.336 e. The maximum atomic E-state index is 12.7. The molecule has 2 rings (SSSR count). The number of hydrogen-bond donors (Lipinski definition) is 5. The van der Waals surface area contributed by atoms with Crippen molar-refractivity contribution in [1.82, 2.24) is 0 Å². The van der Waals surface area contributed by atoms with E-state index in [0.29, 0.717) is 92.8 Å². The molecule has 0 saturated heterocycles. The van der Waals surface area contributed by atoms with E-state index in [9.17, 15) is 44.7 Å². The van der Waals surface area contributed by atoms with E-state index in [4.69, 9.17) is 37.9 Å². The van der Waals surface area contributed by atoms with Gasteiger partial charge in [0.2, 0.25) is 0 Å². The van der Waals surface area contributed by atoms with Crippen LogP contribution in [0.3, 0.4) is 0 Å². The summed E-state index contributed by atoms with van der Waals surface area (Å²) in [5.74, 6) is 0.391. The van der Waals surface area contributed by atoms with Gasteiger partial charge in [0.25, 0.3) is 0 Å². The number of carbonyl (C=O) groups is 4. The van der Waals surface area contributed by atoms with Gasteiger partial charge in [-0.15, -0.1) is 13.2 Å². The second-order valence-corrected chi connectivity index (χ2v) is 55.5. The van der Waals surface area contributed by atoms with E-state index in [1.807, 2.05) is 81.4 Å². The first-order chi connectivity index (χ1) is 69.1. The number of halogens is 1. The van der Waals surface area contributed by atoms with Crippen LogP contribution in [0.2, 0.25) is 13.3 Å². The quantitative estimate of drug-likeness (QED) is 0.00723. The van der Waals surface area contributed by atoms with Crippen molar-refractivity contribution in [2.75, 3.05) is 35.0 Å². The largest absolute Gasteiger partial charge is 0.458 e. The van der Waals surface area contributed by atoms with Crippen molar-refractivity contribution in [3.8, 4) is 0 Å². The van der Waals surface area contributed by atoms with Crippen LogP contribution in [-0.4, -0.2) is 176 Å². The molecule has 2 aliphatic heterocycles. The number of hydrogen-bond acceptors (Lipinski definition) is 17. The van der Waals surface area contributed by atoms with Crippen molar-refractivity contribution in [2.24, 2.45) is 47.3 Å². The van der Waals surface area contributed by atoms with E-state index >= 15 is 0 Å². The second kappa shape index (κ2) is 83.9. The fraction of sp³-hybridized carbons (Fsp3) is 0.622. The van der Waals surface area contributed by atoms with Crippen molar-refractivity contribution in [3.05, 3.63) is 257 Å². The van der Waals surface area contributed by atoms with Crippen molar-refractivity contribution in [3.63, 3.8) is 0 Å². The van der Waals surface area contributed by atoms with E-state index in [1.54, 1.807) is 92.8 Å². The standard InChI is InChI=1S/C30H48O4.C28H44O4.C27H42O5.C15H25IO2.C15H23O2.3C4H9.Sn/c1-11-15-25(13-3)30(32)34-28(21(5)6)18-17-22(7)19-24(9)29(33-10)26(14-4)20-23(8)27(31)16-12-2;1-9-23-13-11-12-14-25(29)21(6)18-24(10-2)27(31-8)22(7)17-20(5)15-16-26(19(3)4)32-28(23)30;1-8-22-16-20(5)24(29)12-10-9-11-23(17-28)27(30)32-25(18(2)3)14-13-19(4)15-21(6)26(22)31-7;1-6-8-14(17)11(3)9-13(7-2)15(18-5)12(4)10-16;1-6-9-11-14(12(4)5)17-15(16)13(8-3)10-7-2;3*1-3-4-2;/h11-12,15,17,19-21,26-29,31H,1-2,13-14,16,18H2,3-10H3;11-13,15,17-19,24-27,29H,9-10,14,16H2,1-8H3;9-11,13,15-16,18,22,24-26,28-29H,8,12,14,17H2,1-7H3;6,9-10,13-15,17H,1,7-8H2,2-5H3;7,9-10,12,14H,2,8,11H2,1,3-5H3;3*1,3-4H2,2H3;/b22-17+,23-20+,24-19+,25-15+;12-11+,20-15+,21-18+,22-17+,23-13+;10-9+,19-13+,20-16+,21-15+,23-11+;11-9+,12-10+;9-6?,13-10+;;;;/t26-,27-,28-,29-;24-,25-,26-,27-;22-,24-,25-,26-;13-,14-,15-;14-;;;;/m00000..../s1. The first-order valence-corrected chi connectivity index (χ1v) is 63.5. The van der Waals surface area contributed by atoms with E-state index < -0.39 is 55.4 Å². The molecule has 0 saturated carbocycles. The Morgan fingerprint density at radius 2 is 0.884 bits per heavy atom. The fourth-order valence-electron chi connectivity index (χ4n) is 17.7. The number of unbranched alkanes of at least 4 members (excludes halogenated alkanes) is 3. The van der Waals surface area contributed by atoms with Gasteiger partial charge >= 0.3 is 211 Å². The molecular weight excluding hydrogens is 2040 g/mol. The summed E-state index contributed by atoms with van der Waals surface area (Å²) in [6.45, 7) is 77.1. The number of ether oxygens (including phenoxy) is 8. The molecule has 0 aliphatic carbocycles. The van der Waals surface area contributed by atoms with Crippen LogP contribution in [0.15, 0.2) is 257 Å². The van der Waals surface area contributed by atoms with Gasteiger partial charge in [-0.25, -0.2) is 14.4 Å². The summed E-state index contributed by atoms with van der Waals surface area (Å²) in [7, 11) is 6.92. The van der Waals surface area contributed by atoms with E-state index in [2.05, 4.69) is 258 Å². The molecule has 0 spiro atoms. The SMILES string of the molecule is C=C/C=C(\CC)C(=O)O[C@@H](C/C=C(C)/C=C(\C)[C@H](OC)[C@H](/C=C(\C)[C@@H](O)CC=C)CC)C(C)C.C=C/C=C(\CC)C(=O)O[C@@H](C/C=[C](\C)[Sn]([CH2]CCC)([CH2]CCC)[CH2]CCC)C(C)C.C=CC[C@H](O)/C(C)=C/[C@H](CC)[C@@H](OC)/C(C)=C/I.CC/C1=C\C=C\C[C@H](O)/C(C)=C/[C@H](CC)[C@@H](OC)/C(C)=C/C(C)=C/C[C@@H](C(C)C)OC1=O.CC[C@H]1/C=C(\C)[C@@H](O)C/C=C/C=C(\CO)C(=O)O[C@H](C(C)C)C/C=C(C)/C=C(\C)[C@@H]1OC. The maximum absolute atomic E-state index is 12.7. The zero-order valence-electron chi connectivity index (χ0n) is 97.9. The summed E-state index contributed by atoms with van der Waals surface area (Å²) >= 11 is -0.113. The number of allylic oxidation sites excluding steroid dienone is 15. The van der Waals surface area contributed by atoms with Crippen molar-refractivity contribution in [2.45, 2.75) is 429 Å². The molecule has 16 atom stereocenters. The number of rotatable bonds is 49. The van der Waals surface area contributed by atoms with Gasteiger partial charge in [-0.1, -0.05) is 244 Å². The Labute approximate surface area is 909 Å². The van der Waals surface area contributed by atoms with E-state index in [-0.39, 0.29) is 108 Å². The van der Waals surface area contributed by atoms with Gasteiger partial charge in [-0.05, 0) is 213 Å². The van der Waals surface area contributed by atoms with Crippen molar-refractivity contribution >= 4 is 64.8 Å². The van der Waals surface area contributed by atoms with Gasteiger partial charge in [-0.3, -0.25) is 0 Å². The van der Waals surface area contributed by atoms with Crippen LogP contribution in [0.1, 0.15) is 343 Å². The molecule has 2 aliphatic rings. The van der Waals surface area contributed by atoms with Gasteiger partial charge in [-0.2, -0.15) is 0 Å². The Kier molecular flexibility index (Phi) is 82.4. The summed E-state index contributed by atoms with van der Waals surface area (Å²) in [5, 5.41) is 51.0. The second-order valence-electron chi connectivity index (χ2n) is 41.0. The summed E-state index contributed by atoms with van der Waals surface area (Å²) in [6, 6.07) is 0. The predicted octanol–water partition coefficient (Wildman–Crippen LogP) is 31.9. The van der Waals surface area contributed by atoms with Gasteiger partial charge in [0.15, 0.2) is 0 Å². The molecule has 5 N–H and O–H groups in total. The number of cyclic esters (lactones) is 2. The van der Waals surface area contributed by atoms with Crippen LogP contribution in [0.4, 0.5) is 0 Å². The van der Waals surface area contributed by atoms with Gasteiger partial charge in [0.05, 0.1) is 61.0 Å². The first-order valence-electron chi connectivity index (χ1n) is 54.7. The Bertz CT molecular complexity index is 4220. The molecule has 19 heteroatoms. The molecule has 0 radical (unpaired) electrons. The molecule has 0 amide bonds. The average molecular weight is 2250 g/mol. The smallest absolute Gasteiger partial charge is 0.336 e. The molecule has 17 nitrogen and oxygen atoms in total. The summed E-state index contributed by atoms with van der Waals surface area (Å²) in [5.41, 5.74) is 13.8. The molecule has 0 aromatic rings. The Balaban J connectivity index is -0.00000177. The number of methoxy groups -OCH3 is 4. The minimum atomic E-state index is -2.35. The third kappa shape index (κ3) is 57.7. The number of aliphatic hydroxyl groups is 5. The number of carbonyl (C=O) groups excluding carboxylic acids is 4. The minimum Gasteiger partial charge on any atom is -0.458 e. The third-order valence-corrected chi connectivity index (χ3v) is 45.3. The molecular formula is C127H209IO17Sn. The van der Waals surface area contributed by atoms with Crippen LogP contribution >= 0.6 is 22.6 Å². The van der Waals surface area contributed by atoms with Crippen LogP contribution in [-0.2, 0) is 57.1 Å². The topological polar surface area (TPSA) is 243 Å². The van der Waals surface area contributed by atoms with Gasteiger partial charge in [0, 0.05) is 82.5 Å². The number of aliphatic hydroxyl groups excluding tert-OH is 5. The summed E-state index contributed by atoms with van der Waals surface area (Å²) in [4.78, 5) is 50.4. The van der Waals surface area contributed by atoms with Crippen LogP contribution in [0.5, 0.6) is 0 Å². The molecule has 146 heavy (non-hydrogen) atoms. The van der Waals surface area contributed by atoms with E-state index in [1.165, 1.54) is 57.4 Å². The molecule has 830 valence electrons. The molecule has 0 bridgehead atoms. The monoisotopic (exact) mass is 2250 g/mol. The van der Waals surface area contributed by atoms with Crippen molar-refractivity contribution < 1.29 is 82.6 Å². The number of esters is 4. The normalized spacial score (nSPS) is 24.3. The van der Waals surface area contributed by atoms with Crippen LogP contribution in [0.25, 0.3) is 0 Å².